The molecule has 3 N–H and O–H groups in total. The molecule has 2 atom stereocenters. The Morgan fingerprint density at radius 1 is 0.742 bits per heavy atom. The Bertz CT molecular complexity index is 2100. The van der Waals surface area contributed by atoms with Gasteiger partial charge in [-0.15, -0.1) is 24.3 Å². The molecular formula is C51H76KN4O9S+. The van der Waals surface area contributed by atoms with Crippen LogP contribution in [0.4, 0.5) is 17.1 Å². The molecule has 0 bridgehead atoms. The Labute approximate surface area is 439 Å². The first kappa shape index (κ1) is 60.9. The summed E-state index contributed by atoms with van der Waals surface area (Å²) in [7, 11) is -3.11. The zero-order chi connectivity index (χ0) is 48.4. The van der Waals surface area contributed by atoms with Crippen LogP contribution < -0.4 is 62.7 Å². The molecule has 0 radical (unpaired) electrons. The fourth-order valence-electron chi connectivity index (χ4n) is 8.17. The minimum absolute atomic E-state index is 0. The van der Waals surface area contributed by atoms with Crippen LogP contribution in [0, 0.1) is 19.9 Å². The number of fused-ring (bicyclic) bond motifs is 2. The van der Waals surface area contributed by atoms with Crippen molar-refractivity contribution in [3.05, 3.63) is 89.0 Å². The predicted molar refractivity (Wildman–Crippen MR) is 259 cm³/mol. The molecule has 2 aliphatic rings. The summed E-state index contributed by atoms with van der Waals surface area (Å²) in [5.41, 5.74) is 13.7. The van der Waals surface area contributed by atoms with Gasteiger partial charge in [-0.25, -0.2) is 0 Å². The van der Waals surface area contributed by atoms with Crippen LogP contribution >= 0.6 is 0 Å². The van der Waals surface area contributed by atoms with E-state index in [1.807, 2.05) is 71.0 Å². The van der Waals surface area contributed by atoms with Gasteiger partial charge in [0, 0.05) is 56.0 Å². The number of benzene rings is 3. The third kappa shape index (κ3) is 20.2. The van der Waals surface area contributed by atoms with Crippen molar-refractivity contribution < 1.29 is 97.1 Å². The number of hydrogen-bond donors (Lipinski definition) is 2. The third-order valence-electron chi connectivity index (χ3n) is 12.0. The van der Waals surface area contributed by atoms with Crippen LogP contribution in [0.5, 0.6) is 0 Å². The SMILES string of the molecule is CCOC(=O)CCCCCC1(C)C(C)=Nc2cc[c-]cc21.CCOC(=O)CCCCCC1(C)C(C)=[N+](CCC(OCC)OCC)c2ccc(C)cc21.Cc1ccc(NN)cc1.O=S(=O)=O.[K+]. The van der Waals surface area contributed by atoms with Crippen LogP contribution in [-0.2, 0) is 50.0 Å². The summed E-state index contributed by atoms with van der Waals surface area (Å²) >= 11 is 0. The number of esters is 2. The molecule has 3 aromatic rings. The van der Waals surface area contributed by atoms with E-state index in [9.17, 15) is 9.59 Å². The maximum Gasteiger partial charge on any atom is 1.00 e. The number of nitrogens with zero attached hydrogens (tertiary/aromatic N) is 2. The van der Waals surface area contributed by atoms with Gasteiger partial charge in [0.25, 0.3) is 0 Å². The van der Waals surface area contributed by atoms with Crippen molar-refractivity contribution in [3.63, 3.8) is 0 Å². The van der Waals surface area contributed by atoms with Gasteiger partial charge < -0.3 is 24.4 Å². The van der Waals surface area contributed by atoms with E-state index in [1.165, 1.54) is 39.4 Å². The summed E-state index contributed by atoms with van der Waals surface area (Å²) < 4.78 is 49.3. The van der Waals surface area contributed by atoms with Gasteiger partial charge >= 0.3 is 73.9 Å². The zero-order valence-electron chi connectivity index (χ0n) is 41.7. The Kier molecular flexibility index (Phi) is 30.1. The van der Waals surface area contributed by atoms with E-state index in [2.05, 4.69) is 79.9 Å². The van der Waals surface area contributed by atoms with Crippen molar-refractivity contribution in [1.29, 1.82) is 0 Å². The molecule has 2 unspecified atom stereocenters. The van der Waals surface area contributed by atoms with E-state index in [1.54, 1.807) is 0 Å². The molecule has 0 amide bonds. The van der Waals surface area contributed by atoms with Crippen molar-refractivity contribution in [3.8, 4) is 0 Å². The summed E-state index contributed by atoms with van der Waals surface area (Å²) in [6, 6.07) is 23.9. The second kappa shape index (κ2) is 32.6. The van der Waals surface area contributed by atoms with Gasteiger partial charge in [0.15, 0.2) is 18.5 Å². The first-order chi connectivity index (χ1) is 31.0. The van der Waals surface area contributed by atoms with Crippen LogP contribution in [0.1, 0.15) is 148 Å². The van der Waals surface area contributed by atoms with Gasteiger partial charge in [0.05, 0.1) is 25.0 Å². The van der Waals surface area contributed by atoms with E-state index >= 15 is 0 Å². The Hall–Kier alpha value is -3.12. The molecule has 3 aromatic carbocycles. The van der Waals surface area contributed by atoms with Crippen LogP contribution in [0.15, 0.2) is 65.7 Å². The molecule has 0 saturated heterocycles. The van der Waals surface area contributed by atoms with Gasteiger partial charge in [-0.3, -0.25) is 20.4 Å². The van der Waals surface area contributed by atoms with Gasteiger partial charge in [0.2, 0.25) is 5.69 Å². The van der Waals surface area contributed by atoms with E-state index < -0.39 is 10.6 Å². The Morgan fingerprint density at radius 2 is 1.27 bits per heavy atom. The standard InChI is InChI=1S/C26H42NO4.C18H24NO2.C7H10N2.K.O3S/c1-7-29-24(28)13-11-10-12-17-26(6)21(5)27(18-16-25(30-8-2)31-9-3)23-15-14-20(4)19-22(23)26;1-4-21-17(20)12-6-5-9-13-18(3)14(2)19-16-11-8-7-10-15(16)18;1-6-2-4-7(9-8)5-3-6;;1-4(2)3/h14-15,19,25H,7-13,16-18H2,1-6H3;8,10-11H,4-6,9,12-13H2,1-3H3;2-5,9H,8H2,1H3;;/q+1;-1;;+1;. The molecule has 15 heteroatoms. The average Bonchev–Trinajstić information content (AvgIpc) is 3.64. The topological polar surface area (TPSA) is 176 Å². The summed E-state index contributed by atoms with van der Waals surface area (Å²) in [6.45, 7) is 24.1. The molecule has 0 fully saturated rings. The summed E-state index contributed by atoms with van der Waals surface area (Å²) in [5, 5.41) is 0. The number of nitrogens with one attached hydrogen (secondary N) is 1. The van der Waals surface area contributed by atoms with Crippen LogP contribution in [0.2, 0.25) is 0 Å². The number of nitrogen functional groups attached to an aromatic ring is 1. The fraction of sp³-hybridized carbons (Fsp3) is 0.569. The van der Waals surface area contributed by atoms with Crippen LogP contribution in [0.3, 0.4) is 0 Å². The van der Waals surface area contributed by atoms with Crippen molar-refractivity contribution in [2.45, 2.75) is 157 Å². The van der Waals surface area contributed by atoms with Gasteiger partial charge in [-0.1, -0.05) is 61.9 Å². The normalized spacial score (nSPS) is 16.5. The van der Waals surface area contributed by atoms with Gasteiger partial charge in [-0.2, -0.15) is 22.8 Å². The number of nitrogens with two attached hydrogens (primary N) is 1. The fourth-order valence-corrected chi connectivity index (χ4v) is 8.17. The Morgan fingerprint density at radius 3 is 1.79 bits per heavy atom. The number of aryl methyl sites for hydroxylation is 2. The van der Waals surface area contributed by atoms with Crippen molar-refractivity contribution >= 4 is 51.0 Å². The molecule has 0 spiro atoms. The van der Waals surface area contributed by atoms with Crippen LogP contribution in [0.25, 0.3) is 0 Å². The van der Waals surface area contributed by atoms with E-state index in [-0.39, 0.29) is 80.4 Å². The number of ether oxygens (including phenoxy) is 4. The van der Waals surface area contributed by atoms with Gasteiger partial charge in [-0.05, 0) is 110 Å². The third-order valence-corrected chi connectivity index (χ3v) is 12.0. The van der Waals surface area contributed by atoms with Crippen molar-refractivity contribution in [2.24, 2.45) is 10.8 Å². The molecule has 66 heavy (non-hydrogen) atoms. The number of hydrogen-bond acceptors (Lipinski definition) is 12. The zero-order valence-corrected chi connectivity index (χ0v) is 45.7. The number of anilines is 1. The van der Waals surface area contributed by atoms with E-state index in [4.69, 9.17) is 37.4 Å². The molecule has 360 valence electrons. The summed E-state index contributed by atoms with van der Waals surface area (Å²) in [4.78, 5) is 27.6. The number of hydrazine groups is 1. The van der Waals surface area contributed by atoms with E-state index in [0.717, 1.165) is 75.7 Å². The molecule has 5 rings (SSSR count). The minimum Gasteiger partial charge on any atom is -0.466 e. The number of unbranched alkanes of at least 4 members (excludes halogenated alkanes) is 4. The molecule has 0 saturated carbocycles. The quantitative estimate of drug-likeness (QED) is 0.0151. The molecule has 2 heterocycles. The van der Waals surface area contributed by atoms with Crippen molar-refractivity contribution in [2.75, 3.05) is 38.4 Å². The number of rotatable bonds is 22. The maximum atomic E-state index is 11.6. The first-order valence-corrected chi connectivity index (χ1v) is 24.1. The number of aliphatic imine (C=N–C) groups is 1. The Balaban J connectivity index is 0.000000531. The number of carbonyl (C=O) groups excluding carboxylic acids is 2. The van der Waals surface area contributed by atoms with E-state index in [0.29, 0.717) is 39.3 Å². The minimum atomic E-state index is -3.11. The second-order valence-electron chi connectivity index (χ2n) is 16.6. The first-order valence-electron chi connectivity index (χ1n) is 23.1. The summed E-state index contributed by atoms with van der Waals surface area (Å²) in [5.74, 6) is 4.99. The predicted octanol–water partition coefficient (Wildman–Crippen LogP) is 7.32. The van der Waals surface area contributed by atoms with Crippen LogP contribution in [-0.4, -0.2) is 79.8 Å². The van der Waals surface area contributed by atoms with Gasteiger partial charge in [0.1, 0.15) is 0 Å². The molecule has 0 aromatic heterocycles. The number of carbonyl (C=O) groups is 2. The summed E-state index contributed by atoms with van der Waals surface area (Å²) in [6.07, 6.45) is 9.94. The monoisotopic (exact) mass is 959 g/mol. The largest absolute Gasteiger partial charge is 1.00 e. The molecule has 13 nitrogen and oxygen atoms in total. The molecule has 2 aliphatic heterocycles. The second-order valence-corrected chi connectivity index (χ2v) is 17.0. The average molecular weight is 960 g/mol. The molecule has 0 aliphatic carbocycles. The smallest absolute Gasteiger partial charge is 0.466 e. The van der Waals surface area contributed by atoms with Crippen molar-refractivity contribution in [1.82, 2.24) is 0 Å². The molecular weight excluding hydrogens is 884 g/mol. The maximum absolute atomic E-state index is 11.6.